The summed E-state index contributed by atoms with van der Waals surface area (Å²) >= 11 is 0. The summed E-state index contributed by atoms with van der Waals surface area (Å²) < 4.78 is 26.2. The molecule has 1 aromatic rings. The monoisotopic (exact) mass is 200 g/mol. The Morgan fingerprint density at radius 2 is 1.93 bits per heavy atom. The number of hydrogen-bond acceptors (Lipinski definition) is 1. The number of aliphatic hydroxyl groups is 1. The van der Waals surface area contributed by atoms with E-state index < -0.39 is 12.0 Å². The number of rotatable bonds is 2. The summed E-state index contributed by atoms with van der Waals surface area (Å²) in [5, 5.41) is 9.36. The topological polar surface area (TPSA) is 20.2 Å². The van der Waals surface area contributed by atoms with Crippen LogP contribution in [0.15, 0.2) is 18.2 Å². The lowest BCUT2D eigenvalue weighted by Crippen LogP contribution is -2.12. The van der Waals surface area contributed by atoms with Crippen molar-refractivity contribution in [3.63, 3.8) is 0 Å². The second kappa shape index (κ2) is 3.65. The third-order valence-electron chi connectivity index (χ3n) is 2.13. The Morgan fingerprint density at radius 3 is 2.36 bits per heavy atom. The molecule has 0 saturated heterocycles. The fourth-order valence-electron chi connectivity index (χ4n) is 1.43. The number of aliphatic hydroxyl groups excluding tert-OH is 1. The maximum Gasteiger partial charge on any atom is 0.270 e. The molecule has 0 aliphatic heterocycles. The van der Waals surface area contributed by atoms with Gasteiger partial charge in [-0.3, -0.25) is 0 Å². The SMILES string of the molecule is Cc1ccc(C(C)(F)F)c(C(C)O)c1. The van der Waals surface area contributed by atoms with Crippen molar-refractivity contribution in [2.24, 2.45) is 0 Å². The van der Waals surface area contributed by atoms with Crippen LogP contribution >= 0.6 is 0 Å². The predicted octanol–water partition coefficient (Wildman–Crippen LogP) is 3.16. The summed E-state index contributed by atoms with van der Waals surface area (Å²) in [5.41, 5.74) is 1.07. The van der Waals surface area contributed by atoms with Crippen molar-refractivity contribution >= 4 is 0 Å². The van der Waals surface area contributed by atoms with E-state index in [1.54, 1.807) is 12.1 Å². The van der Waals surface area contributed by atoms with Crippen molar-refractivity contribution < 1.29 is 13.9 Å². The van der Waals surface area contributed by atoms with Crippen LogP contribution in [0.2, 0.25) is 0 Å². The first-order valence-electron chi connectivity index (χ1n) is 4.49. The molecule has 0 aliphatic carbocycles. The number of halogens is 2. The van der Waals surface area contributed by atoms with Crippen molar-refractivity contribution in [3.8, 4) is 0 Å². The molecule has 0 aliphatic rings. The lowest BCUT2D eigenvalue weighted by atomic mass is 9.97. The van der Waals surface area contributed by atoms with E-state index in [-0.39, 0.29) is 5.56 Å². The highest BCUT2D eigenvalue weighted by molar-refractivity contribution is 5.35. The molecule has 1 aromatic carbocycles. The van der Waals surface area contributed by atoms with Crippen LogP contribution in [0, 0.1) is 6.92 Å². The molecule has 1 atom stereocenters. The van der Waals surface area contributed by atoms with E-state index in [2.05, 4.69) is 0 Å². The molecule has 0 saturated carbocycles. The number of aryl methyl sites for hydroxylation is 1. The highest BCUT2D eigenvalue weighted by atomic mass is 19.3. The van der Waals surface area contributed by atoms with Crippen molar-refractivity contribution in [2.45, 2.75) is 32.8 Å². The second-order valence-electron chi connectivity index (χ2n) is 3.66. The first-order valence-corrected chi connectivity index (χ1v) is 4.49. The molecule has 14 heavy (non-hydrogen) atoms. The van der Waals surface area contributed by atoms with Gasteiger partial charge in [0, 0.05) is 12.5 Å². The molecule has 3 heteroatoms. The van der Waals surface area contributed by atoms with Gasteiger partial charge in [-0.15, -0.1) is 0 Å². The van der Waals surface area contributed by atoms with Crippen LogP contribution < -0.4 is 0 Å². The summed E-state index contributed by atoms with van der Waals surface area (Å²) in [7, 11) is 0. The Balaban J connectivity index is 3.29. The number of benzene rings is 1. The van der Waals surface area contributed by atoms with Gasteiger partial charge in [0.1, 0.15) is 0 Å². The molecule has 1 unspecified atom stereocenters. The van der Waals surface area contributed by atoms with Gasteiger partial charge in [-0.2, -0.15) is 0 Å². The molecule has 1 rings (SSSR count). The minimum atomic E-state index is -2.90. The zero-order valence-corrected chi connectivity index (χ0v) is 8.51. The van der Waals surface area contributed by atoms with E-state index in [1.807, 2.05) is 6.92 Å². The average molecular weight is 200 g/mol. The van der Waals surface area contributed by atoms with Crippen LogP contribution in [0.3, 0.4) is 0 Å². The van der Waals surface area contributed by atoms with E-state index in [4.69, 9.17) is 0 Å². The van der Waals surface area contributed by atoms with Gasteiger partial charge in [0.25, 0.3) is 5.92 Å². The summed E-state index contributed by atoms with van der Waals surface area (Å²) in [6.07, 6.45) is -0.865. The van der Waals surface area contributed by atoms with E-state index in [9.17, 15) is 13.9 Å². The van der Waals surface area contributed by atoms with E-state index >= 15 is 0 Å². The van der Waals surface area contributed by atoms with Crippen LogP contribution in [-0.4, -0.2) is 5.11 Å². The Bertz CT molecular complexity index is 327. The third kappa shape index (κ3) is 2.29. The normalized spacial score (nSPS) is 14.1. The van der Waals surface area contributed by atoms with Crippen molar-refractivity contribution in [2.75, 3.05) is 0 Å². The molecule has 0 fully saturated rings. The van der Waals surface area contributed by atoms with Crippen LogP contribution in [0.5, 0.6) is 0 Å². The molecule has 1 nitrogen and oxygen atoms in total. The van der Waals surface area contributed by atoms with E-state index in [1.165, 1.54) is 13.0 Å². The van der Waals surface area contributed by atoms with Gasteiger partial charge < -0.3 is 5.11 Å². The molecule has 0 aromatic heterocycles. The maximum atomic E-state index is 13.1. The lowest BCUT2D eigenvalue weighted by Gasteiger charge is -2.18. The summed E-state index contributed by atoms with van der Waals surface area (Å²) in [6.45, 7) is 4.14. The fraction of sp³-hybridized carbons (Fsp3) is 0.455. The minimum absolute atomic E-state index is 0.0990. The van der Waals surface area contributed by atoms with Crippen molar-refractivity contribution in [3.05, 3.63) is 34.9 Å². The first kappa shape index (κ1) is 11.1. The quantitative estimate of drug-likeness (QED) is 0.777. The van der Waals surface area contributed by atoms with Crippen LogP contribution in [0.25, 0.3) is 0 Å². The molecule has 1 N–H and O–H groups in total. The van der Waals surface area contributed by atoms with Gasteiger partial charge in [0.05, 0.1) is 6.10 Å². The van der Waals surface area contributed by atoms with Crippen molar-refractivity contribution in [1.82, 2.24) is 0 Å². The van der Waals surface area contributed by atoms with Gasteiger partial charge in [-0.25, -0.2) is 8.78 Å². The summed E-state index contributed by atoms with van der Waals surface area (Å²) in [5.74, 6) is -2.90. The van der Waals surface area contributed by atoms with Gasteiger partial charge in [0.15, 0.2) is 0 Å². The largest absolute Gasteiger partial charge is 0.389 e. The standard InChI is InChI=1S/C11H14F2O/c1-7-4-5-10(11(3,12)13)9(6-7)8(2)14/h4-6,8,14H,1-3H3. The molecular formula is C11H14F2O. The number of alkyl halides is 2. The van der Waals surface area contributed by atoms with Crippen LogP contribution in [0.4, 0.5) is 8.78 Å². The Morgan fingerprint density at radius 1 is 1.36 bits per heavy atom. The van der Waals surface area contributed by atoms with Crippen molar-refractivity contribution in [1.29, 1.82) is 0 Å². The van der Waals surface area contributed by atoms with E-state index in [0.717, 1.165) is 12.5 Å². The Labute approximate surface area is 82.4 Å². The van der Waals surface area contributed by atoms with Gasteiger partial charge in [-0.05, 0) is 19.4 Å². The summed E-state index contributed by atoms with van der Waals surface area (Å²) in [6, 6.07) is 4.59. The van der Waals surface area contributed by atoms with Gasteiger partial charge >= 0.3 is 0 Å². The Kier molecular flexibility index (Phi) is 2.90. The minimum Gasteiger partial charge on any atom is -0.389 e. The fourth-order valence-corrected chi connectivity index (χ4v) is 1.43. The Hall–Kier alpha value is -0.960. The highest BCUT2D eigenvalue weighted by Crippen LogP contribution is 2.33. The average Bonchev–Trinajstić information content (AvgIpc) is 2.01. The van der Waals surface area contributed by atoms with Gasteiger partial charge in [-0.1, -0.05) is 23.8 Å². The first-order chi connectivity index (χ1) is 6.32. The molecular weight excluding hydrogens is 186 g/mol. The molecule has 0 amide bonds. The number of hydrogen-bond donors (Lipinski definition) is 1. The summed E-state index contributed by atoms with van der Waals surface area (Å²) in [4.78, 5) is 0. The zero-order valence-electron chi connectivity index (χ0n) is 8.51. The smallest absolute Gasteiger partial charge is 0.270 e. The predicted molar refractivity (Wildman–Crippen MR) is 51.4 cm³/mol. The van der Waals surface area contributed by atoms with Crippen LogP contribution in [0.1, 0.15) is 36.6 Å². The molecule has 78 valence electrons. The molecule has 0 bridgehead atoms. The second-order valence-corrected chi connectivity index (χ2v) is 3.66. The van der Waals surface area contributed by atoms with Crippen LogP contribution in [-0.2, 0) is 5.92 Å². The molecule has 0 heterocycles. The maximum absolute atomic E-state index is 13.1. The molecule has 0 radical (unpaired) electrons. The zero-order chi connectivity index (χ0) is 10.9. The highest BCUT2D eigenvalue weighted by Gasteiger charge is 2.28. The van der Waals surface area contributed by atoms with Gasteiger partial charge in [0.2, 0.25) is 0 Å². The van der Waals surface area contributed by atoms with E-state index in [0.29, 0.717) is 5.56 Å². The molecule has 0 spiro atoms. The lowest BCUT2D eigenvalue weighted by molar-refractivity contribution is 0.0141. The third-order valence-corrected chi connectivity index (χ3v) is 2.13.